The molecule has 0 spiro atoms. The molecule has 1 saturated heterocycles. The second-order valence-corrected chi connectivity index (χ2v) is 8.19. The molecule has 0 atom stereocenters. The van der Waals surface area contributed by atoms with Gasteiger partial charge < -0.3 is 15.7 Å². The number of rotatable bonds is 6. The molecule has 5 nitrogen and oxygen atoms in total. The van der Waals surface area contributed by atoms with E-state index in [1.165, 1.54) is 38.8 Å². The zero-order chi connectivity index (χ0) is 17.5. The smallest absolute Gasteiger partial charge is 0.191 e. The van der Waals surface area contributed by atoms with Crippen molar-refractivity contribution in [1.82, 2.24) is 15.5 Å². The molecule has 6 heteroatoms. The first-order valence-corrected chi connectivity index (χ1v) is 9.95. The Morgan fingerprint density at radius 1 is 1.04 bits per heavy atom. The van der Waals surface area contributed by atoms with Crippen LogP contribution in [-0.4, -0.2) is 59.8 Å². The molecule has 0 aromatic carbocycles. The number of piperidine rings is 1. The van der Waals surface area contributed by atoms with E-state index in [4.69, 9.17) is 4.99 Å². The Kier molecular flexibility index (Phi) is 10.0. The van der Waals surface area contributed by atoms with Crippen LogP contribution in [-0.2, 0) is 0 Å². The van der Waals surface area contributed by atoms with Gasteiger partial charge in [0.2, 0.25) is 0 Å². The second-order valence-electron chi connectivity index (χ2n) is 8.19. The fraction of sp³-hybridized carbons (Fsp3) is 0.947. The van der Waals surface area contributed by atoms with E-state index in [9.17, 15) is 5.11 Å². The SMILES string of the molecule is CCNC(=NCC(C)(C)N1CCCCC1)NCC1(O)CCCCC1.I. The maximum atomic E-state index is 10.7. The predicted octanol–water partition coefficient (Wildman–Crippen LogP) is 3.12. The standard InChI is InChI=1S/C19H38N4O.HI/c1-4-20-17(22-16-19(24)11-7-5-8-12-19)21-15-18(2,3)23-13-9-6-10-14-23;/h24H,4-16H2,1-3H3,(H2,20,21,22);1H. The van der Waals surface area contributed by atoms with Gasteiger partial charge in [-0.15, -0.1) is 24.0 Å². The number of nitrogens with one attached hydrogen (secondary N) is 2. The number of hydrogen-bond acceptors (Lipinski definition) is 3. The van der Waals surface area contributed by atoms with Crippen molar-refractivity contribution in [3.05, 3.63) is 0 Å². The van der Waals surface area contributed by atoms with Gasteiger partial charge in [0, 0.05) is 18.6 Å². The zero-order valence-electron chi connectivity index (χ0n) is 16.4. The van der Waals surface area contributed by atoms with Gasteiger partial charge in [0.05, 0.1) is 12.1 Å². The number of halogens is 1. The van der Waals surface area contributed by atoms with Crippen molar-refractivity contribution in [2.75, 3.05) is 32.7 Å². The molecule has 2 rings (SSSR count). The van der Waals surface area contributed by atoms with Crippen molar-refractivity contribution in [1.29, 1.82) is 0 Å². The molecule has 1 saturated carbocycles. The summed E-state index contributed by atoms with van der Waals surface area (Å²) in [4.78, 5) is 7.39. The highest BCUT2D eigenvalue weighted by atomic mass is 127. The lowest BCUT2D eigenvalue weighted by Gasteiger charge is -2.40. The van der Waals surface area contributed by atoms with E-state index >= 15 is 0 Å². The maximum Gasteiger partial charge on any atom is 0.191 e. The summed E-state index contributed by atoms with van der Waals surface area (Å²) in [6, 6.07) is 0. The van der Waals surface area contributed by atoms with E-state index in [0.29, 0.717) is 6.54 Å². The third-order valence-corrected chi connectivity index (χ3v) is 5.55. The van der Waals surface area contributed by atoms with Crippen LogP contribution < -0.4 is 10.6 Å². The van der Waals surface area contributed by atoms with Gasteiger partial charge in [0.15, 0.2) is 5.96 Å². The first-order valence-electron chi connectivity index (χ1n) is 9.95. The largest absolute Gasteiger partial charge is 0.388 e. The minimum atomic E-state index is -0.559. The molecule has 0 aromatic rings. The minimum Gasteiger partial charge on any atom is -0.388 e. The molecule has 2 fully saturated rings. The van der Waals surface area contributed by atoms with Crippen LogP contribution in [0.15, 0.2) is 4.99 Å². The highest BCUT2D eigenvalue weighted by Gasteiger charge is 2.30. The molecule has 0 radical (unpaired) electrons. The number of aliphatic hydroxyl groups is 1. The Bertz CT molecular complexity index is 402. The van der Waals surface area contributed by atoms with E-state index < -0.39 is 5.60 Å². The molecule has 0 amide bonds. The van der Waals surface area contributed by atoms with Crippen LogP contribution in [0, 0.1) is 0 Å². The Morgan fingerprint density at radius 3 is 2.24 bits per heavy atom. The summed E-state index contributed by atoms with van der Waals surface area (Å²) in [7, 11) is 0. The number of aliphatic imine (C=N–C) groups is 1. The summed E-state index contributed by atoms with van der Waals surface area (Å²) in [5, 5.41) is 17.4. The molecule has 2 aliphatic rings. The quantitative estimate of drug-likeness (QED) is 0.320. The summed E-state index contributed by atoms with van der Waals surface area (Å²) in [5.41, 5.74) is -0.471. The van der Waals surface area contributed by atoms with E-state index in [2.05, 4.69) is 36.3 Å². The van der Waals surface area contributed by atoms with E-state index in [0.717, 1.165) is 44.7 Å². The molecule has 1 heterocycles. The van der Waals surface area contributed by atoms with Crippen molar-refractivity contribution in [2.24, 2.45) is 4.99 Å². The van der Waals surface area contributed by atoms with Gasteiger partial charge >= 0.3 is 0 Å². The predicted molar refractivity (Wildman–Crippen MR) is 117 cm³/mol. The van der Waals surface area contributed by atoms with Crippen LogP contribution in [0.4, 0.5) is 0 Å². The van der Waals surface area contributed by atoms with Gasteiger partial charge in [-0.25, -0.2) is 0 Å². The van der Waals surface area contributed by atoms with E-state index in [-0.39, 0.29) is 29.5 Å². The van der Waals surface area contributed by atoms with Crippen LogP contribution in [0.2, 0.25) is 0 Å². The number of likely N-dealkylation sites (tertiary alicyclic amines) is 1. The normalized spacial score (nSPS) is 22.2. The lowest BCUT2D eigenvalue weighted by atomic mass is 9.85. The summed E-state index contributed by atoms with van der Waals surface area (Å²) >= 11 is 0. The zero-order valence-corrected chi connectivity index (χ0v) is 18.8. The van der Waals surface area contributed by atoms with E-state index in [1.807, 2.05) is 0 Å². The van der Waals surface area contributed by atoms with Crippen LogP contribution >= 0.6 is 24.0 Å². The van der Waals surface area contributed by atoms with Crippen LogP contribution in [0.3, 0.4) is 0 Å². The van der Waals surface area contributed by atoms with Gasteiger partial charge in [0.25, 0.3) is 0 Å². The molecular formula is C19H39IN4O. The molecule has 3 N–H and O–H groups in total. The molecule has 0 bridgehead atoms. The van der Waals surface area contributed by atoms with Gasteiger partial charge in [-0.3, -0.25) is 9.89 Å². The lowest BCUT2D eigenvalue weighted by molar-refractivity contribution is 0.00857. The Morgan fingerprint density at radius 2 is 1.64 bits per heavy atom. The molecule has 25 heavy (non-hydrogen) atoms. The summed E-state index contributed by atoms with van der Waals surface area (Å²) in [5.74, 6) is 0.835. The second kappa shape index (κ2) is 10.9. The van der Waals surface area contributed by atoms with Gasteiger partial charge in [-0.05, 0) is 59.5 Å². The topological polar surface area (TPSA) is 59.9 Å². The highest BCUT2D eigenvalue weighted by molar-refractivity contribution is 14.0. The summed E-state index contributed by atoms with van der Waals surface area (Å²) < 4.78 is 0. The molecular weight excluding hydrogens is 427 g/mol. The van der Waals surface area contributed by atoms with Crippen molar-refractivity contribution in [3.63, 3.8) is 0 Å². The summed E-state index contributed by atoms with van der Waals surface area (Å²) in [6.07, 6.45) is 9.29. The maximum absolute atomic E-state index is 10.7. The average molecular weight is 466 g/mol. The molecule has 1 aliphatic heterocycles. The Hall–Kier alpha value is -0.0800. The Balaban J connectivity index is 0.00000312. The van der Waals surface area contributed by atoms with Gasteiger partial charge in [-0.2, -0.15) is 0 Å². The van der Waals surface area contributed by atoms with Crippen molar-refractivity contribution in [3.8, 4) is 0 Å². The summed E-state index contributed by atoms with van der Waals surface area (Å²) in [6.45, 7) is 11.3. The number of guanidine groups is 1. The van der Waals surface area contributed by atoms with Crippen molar-refractivity contribution < 1.29 is 5.11 Å². The monoisotopic (exact) mass is 466 g/mol. The van der Waals surface area contributed by atoms with E-state index in [1.54, 1.807) is 0 Å². The molecule has 0 aromatic heterocycles. The van der Waals surface area contributed by atoms with Gasteiger partial charge in [-0.1, -0.05) is 25.7 Å². The highest BCUT2D eigenvalue weighted by Crippen LogP contribution is 2.27. The molecule has 1 aliphatic carbocycles. The molecule has 148 valence electrons. The first-order chi connectivity index (χ1) is 11.5. The fourth-order valence-corrected chi connectivity index (χ4v) is 3.85. The van der Waals surface area contributed by atoms with Gasteiger partial charge in [0.1, 0.15) is 0 Å². The minimum absolute atomic E-state index is 0. The lowest BCUT2D eigenvalue weighted by Crippen LogP contribution is -2.51. The number of nitrogens with zero attached hydrogens (tertiary/aromatic N) is 2. The third kappa shape index (κ3) is 7.59. The third-order valence-electron chi connectivity index (χ3n) is 5.55. The fourth-order valence-electron chi connectivity index (χ4n) is 3.85. The van der Waals surface area contributed by atoms with Crippen molar-refractivity contribution >= 4 is 29.9 Å². The first kappa shape index (κ1) is 23.0. The van der Waals surface area contributed by atoms with Crippen LogP contribution in [0.1, 0.15) is 72.1 Å². The Labute approximate surface area is 171 Å². The van der Waals surface area contributed by atoms with Crippen LogP contribution in [0.25, 0.3) is 0 Å². The van der Waals surface area contributed by atoms with Crippen molar-refractivity contribution in [2.45, 2.75) is 83.3 Å². The average Bonchev–Trinajstić information content (AvgIpc) is 2.59. The molecule has 0 unspecified atom stereocenters. The van der Waals surface area contributed by atoms with Crippen LogP contribution in [0.5, 0.6) is 0 Å². The number of hydrogen-bond donors (Lipinski definition) is 3.